The Hall–Kier alpha value is -1.27. The van der Waals surface area contributed by atoms with Gasteiger partial charge in [-0.05, 0) is 38.1 Å². The van der Waals surface area contributed by atoms with Gasteiger partial charge in [0.2, 0.25) is 0 Å². The standard InChI is InChI=1S/C16H23BrN2O3/c1-4-19-7-5-6-12(19)10-18-16(20)13-8-11(17)9-14(21-2)15(13)22-3/h8-9,12H,4-7,10H2,1-3H3,(H,18,20). The quantitative estimate of drug-likeness (QED) is 0.836. The summed E-state index contributed by atoms with van der Waals surface area (Å²) in [7, 11) is 3.10. The maximum atomic E-state index is 12.5. The monoisotopic (exact) mass is 370 g/mol. The van der Waals surface area contributed by atoms with Gasteiger partial charge in [-0.3, -0.25) is 9.69 Å². The van der Waals surface area contributed by atoms with Crippen LogP contribution in [0.3, 0.4) is 0 Å². The largest absolute Gasteiger partial charge is 0.493 e. The van der Waals surface area contributed by atoms with E-state index in [4.69, 9.17) is 9.47 Å². The van der Waals surface area contributed by atoms with Crippen LogP contribution in [0.5, 0.6) is 11.5 Å². The number of nitrogens with zero attached hydrogens (tertiary/aromatic N) is 1. The van der Waals surface area contributed by atoms with Crippen molar-refractivity contribution in [3.8, 4) is 11.5 Å². The van der Waals surface area contributed by atoms with Crippen molar-refractivity contribution in [3.05, 3.63) is 22.2 Å². The number of halogens is 1. The van der Waals surface area contributed by atoms with E-state index in [-0.39, 0.29) is 5.91 Å². The summed E-state index contributed by atoms with van der Waals surface area (Å²) < 4.78 is 11.4. The summed E-state index contributed by atoms with van der Waals surface area (Å²) in [6.07, 6.45) is 2.33. The third-order valence-corrected chi connectivity index (χ3v) is 4.55. The van der Waals surface area contributed by atoms with Crippen molar-refractivity contribution in [2.45, 2.75) is 25.8 Å². The van der Waals surface area contributed by atoms with Crippen LogP contribution in [0.1, 0.15) is 30.1 Å². The van der Waals surface area contributed by atoms with Crippen LogP contribution in [-0.4, -0.2) is 50.7 Å². The van der Waals surface area contributed by atoms with Crippen molar-refractivity contribution in [3.63, 3.8) is 0 Å². The molecular formula is C16H23BrN2O3. The Labute approximate surface area is 140 Å². The number of hydrogen-bond acceptors (Lipinski definition) is 4. The summed E-state index contributed by atoms with van der Waals surface area (Å²) in [6, 6.07) is 3.96. The van der Waals surface area contributed by atoms with Gasteiger partial charge in [-0.2, -0.15) is 0 Å². The zero-order chi connectivity index (χ0) is 16.1. The van der Waals surface area contributed by atoms with E-state index in [1.54, 1.807) is 26.4 Å². The highest BCUT2D eigenvalue weighted by molar-refractivity contribution is 9.10. The lowest BCUT2D eigenvalue weighted by Crippen LogP contribution is -2.40. The van der Waals surface area contributed by atoms with Gasteiger partial charge in [-0.15, -0.1) is 0 Å². The van der Waals surface area contributed by atoms with E-state index in [9.17, 15) is 4.79 Å². The predicted octanol–water partition coefficient (Wildman–Crippen LogP) is 2.68. The maximum Gasteiger partial charge on any atom is 0.255 e. The molecule has 1 N–H and O–H groups in total. The highest BCUT2D eigenvalue weighted by Crippen LogP contribution is 2.34. The summed E-state index contributed by atoms with van der Waals surface area (Å²) in [4.78, 5) is 14.9. The number of carbonyl (C=O) groups is 1. The van der Waals surface area contributed by atoms with Crippen LogP contribution >= 0.6 is 15.9 Å². The van der Waals surface area contributed by atoms with Crippen LogP contribution in [0.25, 0.3) is 0 Å². The van der Waals surface area contributed by atoms with Gasteiger partial charge in [0.1, 0.15) is 0 Å². The first-order chi connectivity index (χ1) is 10.6. The molecule has 1 amide bonds. The number of amides is 1. The van der Waals surface area contributed by atoms with E-state index in [1.165, 1.54) is 6.42 Å². The summed E-state index contributed by atoms with van der Waals surface area (Å²) in [5.41, 5.74) is 0.481. The third-order valence-electron chi connectivity index (χ3n) is 4.09. The van der Waals surface area contributed by atoms with Crippen molar-refractivity contribution < 1.29 is 14.3 Å². The molecule has 1 heterocycles. The minimum absolute atomic E-state index is 0.139. The Morgan fingerprint density at radius 2 is 2.18 bits per heavy atom. The number of nitrogens with one attached hydrogen (secondary N) is 1. The number of likely N-dealkylation sites (tertiary alicyclic amines) is 1. The fourth-order valence-corrected chi connectivity index (χ4v) is 3.38. The molecule has 2 rings (SSSR count). The Bertz CT molecular complexity index is 536. The van der Waals surface area contributed by atoms with E-state index < -0.39 is 0 Å². The molecule has 1 saturated heterocycles. The van der Waals surface area contributed by atoms with Crippen LogP contribution in [0, 0.1) is 0 Å². The number of rotatable bonds is 6. The molecule has 1 aromatic rings. The molecule has 0 spiro atoms. The molecule has 122 valence electrons. The zero-order valence-electron chi connectivity index (χ0n) is 13.3. The number of benzene rings is 1. The lowest BCUT2D eigenvalue weighted by atomic mass is 10.1. The molecule has 1 fully saturated rings. The molecule has 1 aliphatic heterocycles. The first kappa shape index (κ1) is 17.1. The van der Waals surface area contributed by atoms with Crippen LogP contribution in [0.2, 0.25) is 0 Å². The summed E-state index contributed by atoms with van der Waals surface area (Å²) in [6.45, 7) is 4.95. The lowest BCUT2D eigenvalue weighted by molar-refractivity contribution is 0.0937. The van der Waals surface area contributed by atoms with Crippen molar-refractivity contribution in [1.82, 2.24) is 10.2 Å². The molecular weight excluding hydrogens is 348 g/mol. The minimum Gasteiger partial charge on any atom is -0.493 e. The fourth-order valence-electron chi connectivity index (χ4n) is 2.95. The van der Waals surface area contributed by atoms with Gasteiger partial charge in [-0.1, -0.05) is 22.9 Å². The second-order valence-electron chi connectivity index (χ2n) is 5.32. The van der Waals surface area contributed by atoms with Gasteiger partial charge < -0.3 is 14.8 Å². The summed E-state index contributed by atoms with van der Waals surface area (Å²) in [5.74, 6) is 0.861. The van der Waals surface area contributed by atoms with Crippen molar-refractivity contribution in [2.75, 3.05) is 33.9 Å². The lowest BCUT2D eigenvalue weighted by Gasteiger charge is -2.23. The molecule has 0 aromatic heterocycles. The van der Waals surface area contributed by atoms with E-state index >= 15 is 0 Å². The predicted molar refractivity (Wildman–Crippen MR) is 89.8 cm³/mol. The second kappa shape index (κ2) is 7.83. The van der Waals surface area contributed by atoms with Crippen LogP contribution in [0.15, 0.2) is 16.6 Å². The van der Waals surface area contributed by atoms with Gasteiger partial charge in [-0.25, -0.2) is 0 Å². The number of likely N-dealkylation sites (N-methyl/N-ethyl adjacent to an activating group) is 1. The molecule has 0 radical (unpaired) electrons. The average Bonchev–Trinajstić information content (AvgIpc) is 2.99. The van der Waals surface area contributed by atoms with Crippen LogP contribution in [-0.2, 0) is 0 Å². The fraction of sp³-hybridized carbons (Fsp3) is 0.562. The number of carbonyl (C=O) groups excluding carboxylic acids is 1. The van der Waals surface area contributed by atoms with Gasteiger partial charge in [0, 0.05) is 17.1 Å². The molecule has 1 unspecified atom stereocenters. The molecule has 0 bridgehead atoms. The minimum atomic E-state index is -0.139. The molecule has 1 atom stereocenters. The molecule has 22 heavy (non-hydrogen) atoms. The Morgan fingerprint density at radius 3 is 2.82 bits per heavy atom. The molecule has 1 aromatic carbocycles. The van der Waals surface area contributed by atoms with E-state index in [2.05, 4.69) is 33.1 Å². The van der Waals surface area contributed by atoms with E-state index in [0.29, 0.717) is 29.6 Å². The molecule has 5 nitrogen and oxygen atoms in total. The number of hydrogen-bond donors (Lipinski definition) is 1. The van der Waals surface area contributed by atoms with Gasteiger partial charge in [0.05, 0.1) is 19.8 Å². The zero-order valence-corrected chi connectivity index (χ0v) is 14.9. The Morgan fingerprint density at radius 1 is 1.41 bits per heavy atom. The average molecular weight is 371 g/mol. The maximum absolute atomic E-state index is 12.5. The number of methoxy groups -OCH3 is 2. The smallest absolute Gasteiger partial charge is 0.255 e. The normalized spacial score (nSPS) is 18.3. The first-order valence-electron chi connectivity index (χ1n) is 7.54. The van der Waals surface area contributed by atoms with Crippen molar-refractivity contribution >= 4 is 21.8 Å². The van der Waals surface area contributed by atoms with Crippen molar-refractivity contribution in [2.24, 2.45) is 0 Å². The number of ether oxygens (including phenoxy) is 2. The highest BCUT2D eigenvalue weighted by atomic mass is 79.9. The SMILES string of the molecule is CCN1CCCC1CNC(=O)c1cc(Br)cc(OC)c1OC. The molecule has 1 aliphatic rings. The highest BCUT2D eigenvalue weighted by Gasteiger charge is 2.24. The van der Waals surface area contributed by atoms with Crippen LogP contribution < -0.4 is 14.8 Å². The van der Waals surface area contributed by atoms with Gasteiger partial charge in [0.25, 0.3) is 5.91 Å². The molecule has 0 saturated carbocycles. The van der Waals surface area contributed by atoms with Gasteiger partial charge in [0.15, 0.2) is 11.5 Å². The first-order valence-corrected chi connectivity index (χ1v) is 8.33. The van der Waals surface area contributed by atoms with E-state index in [1.807, 2.05) is 0 Å². The van der Waals surface area contributed by atoms with E-state index in [0.717, 1.165) is 24.0 Å². The third kappa shape index (κ3) is 3.73. The van der Waals surface area contributed by atoms with Gasteiger partial charge >= 0.3 is 0 Å². The second-order valence-corrected chi connectivity index (χ2v) is 6.24. The Balaban J connectivity index is 2.10. The molecule has 6 heteroatoms. The topological polar surface area (TPSA) is 50.8 Å². The summed E-state index contributed by atoms with van der Waals surface area (Å²) >= 11 is 3.40. The summed E-state index contributed by atoms with van der Waals surface area (Å²) in [5, 5.41) is 3.02. The Kier molecular flexibility index (Phi) is 6.08. The van der Waals surface area contributed by atoms with Crippen LogP contribution in [0.4, 0.5) is 0 Å². The van der Waals surface area contributed by atoms with Crippen molar-refractivity contribution in [1.29, 1.82) is 0 Å². The molecule has 0 aliphatic carbocycles.